The highest BCUT2D eigenvalue weighted by molar-refractivity contribution is 5.95. The van der Waals surface area contributed by atoms with Crippen molar-refractivity contribution >= 4 is 5.91 Å². The SMILES string of the molecule is NC(=O)c1ccc(-c2ccc(F)nc2)cc1C(F)(F)F. The van der Waals surface area contributed by atoms with E-state index in [0.29, 0.717) is 5.56 Å². The van der Waals surface area contributed by atoms with Gasteiger partial charge in [-0.1, -0.05) is 6.07 Å². The molecule has 0 unspecified atom stereocenters. The van der Waals surface area contributed by atoms with Crippen LogP contribution in [0.15, 0.2) is 36.5 Å². The lowest BCUT2D eigenvalue weighted by Gasteiger charge is -2.12. The lowest BCUT2D eigenvalue weighted by Crippen LogP contribution is -2.18. The second-order valence-electron chi connectivity index (χ2n) is 3.99. The highest BCUT2D eigenvalue weighted by Crippen LogP contribution is 2.34. The van der Waals surface area contributed by atoms with Gasteiger partial charge in [0, 0.05) is 11.8 Å². The Morgan fingerprint density at radius 1 is 1.10 bits per heavy atom. The van der Waals surface area contributed by atoms with E-state index in [0.717, 1.165) is 24.4 Å². The van der Waals surface area contributed by atoms with E-state index in [1.165, 1.54) is 12.1 Å². The first-order chi connectivity index (χ1) is 9.29. The fraction of sp³-hybridized carbons (Fsp3) is 0.0769. The number of benzene rings is 1. The lowest BCUT2D eigenvalue weighted by atomic mass is 9.99. The van der Waals surface area contributed by atoms with Gasteiger partial charge in [-0.05, 0) is 29.8 Å². The van der Waals surface area contributed by atoms with Crippen LogP contribution in [-0.4, -0.2) is 10.9 Å². The summed E-state index contributed by atoms with van der Waals surface area (Å²) < 4.78 is 51.3. The van der Waals surface area contributed by atoms with Crippen LogP contribution >= 0.6 is 0 Å². The first kappa shape index (κ1) is 14.0. The molecule has 0 aliphatic heterocycles. The fourth-order valence-corrected chi connectivity index (χ4v) is 1.72. The van der Waals surface area contributed by atoms with Crippen LogP contribution in [0.1, 0.15) is 15.9 Å². The van der Waals surface area contributed by atoms with Crippen molar-refractivity contribution in [3.05, 3.63) is 53.6 Å². The molecule has 7 heteroatoms. The third kappa shape index (κ3) is 2.76. The average molecular weight is 284 g/mol. The monoisotopic (exact) mass is 284 g/mol. The number of carbonyl (C=O) groups is 1. The molecule has 0 saturated carbocycles. The maximum atomic E-state index is 12.9. The van der Waals surface area contributed by atoms with E-state index in [2.05, 4.69) is 4.98 Å². The highest BCUT2D eigenvalue weighted by Gasteiger charge is 2.35. The maximum absolute atomic E-state index is 12.9. The second kappa shape index (κ2) is 4.92. The fourth-order valence-electron chi connectivity index (χ4n) is 1.72. The van der Waals surface area contributed by atoms with Gasteiger partial charge in [-0.15, -0.1) is 0 Å². The zero-order valence-electron chi connectivity index (χ0n) is 9.91. The van der Waals surface area contributed by atoms with Gasteiger partial charge in [0.05, 0.1) is 11.1 Å². The minimum atomic E-state index is -4.71. The molecule has 0 radical (unpaired) electrons. The molecule has 1 aromatic carbocycles. The van der Waals surface area contributed by atoms with E-state index < -0.39 is 29.2 Å². The minimum Gasteiger partial charge on any atom is -0.366 e. The predicted molar refractivity (Wildman–Crippen MR) is 63.2 cm³/mol. The van der Waals surface area contributed by atoms with E-state index >= 15 is 0 Å². The minimum absolute atomic E-state index is 0.162. The van der Waals surface area contributed by atoms with Gasteiger partial charge in [-0.25, -0.2) is 4.98 Å². The largest absolute Gasteiger partial charge is 0.417 e. The Bertz CT molecular complexity index is 650. The summed E-state index contributed by atoms with van der Waals surface area (Å²) in [6.45, 7) is 0. The molecule has 2 N–H and O–H groups in total. The summed E-state index contributed by atoms with van der Waals surface area (Å²) in [6.07, 6.45) is -3.61. The summed E-state index contributed by atoms with van der Waals surface area (Å²) in [5.74, 6) is -1.90. The van der Waals surface area contributed by atoms with Gasteiger partial charge in [0.25, 0.3) is 0 Å². The number of hydrogen-bond acceptors (Lipinski definition) is 2. The van der Waals surface area contributed by atoms with Crippen LogP contribution in [0.3, 0.4) is 0 Å². The van der Waals surface area contributed by atoms with Gasteiger partial charge >= 0.3 is 6.18 Å². The van der Waals surface area contributed by atoms with Gasteiger partial charge in [0.1, 0.15) is 0 Å². The molecule has 0 bridgehead atoms. The van der Waals surface area contributed by atoms with Crippen molar-refractivity contribution in [2.75, 3.05) is 0 Å². The Labute approximate surface area is 111 Å². The van der Waals surface area contributed by atoms with Crippen LogP contribution in [0.25, 0.3) is 11.1 Å². The number of hydrogen-bond donors (Lipinski definition) is 1. The number of nitrogens with two attached hydrogens (primary N) is 1. The standard InChI is InChI=1S/C13H8F4N2O/c14-11-4-2-8(6-19-11)7-1-3-9(12(18)20)10(5-7)13(15,16)17/h1-6H,(H2,18,20). The summed E-state index contributed by atoms with van der Waals surface area (Å²) in [7, 11) is 0. The maximum Gasteiger partial charge on any atom is 0.417 e. The number of alkyl halides is 3. The first-order valence-electron chi connectivity index (χ1n) is 5.42. The van der Waals surface area contributed by atoms with Crippen molar-refractivity contribution in [2.45, 2.75) is 6.18 Å². The number of aromatic nitrogens is 1. The average Bonchev–Trinajstić information content (AvgIpc) is 2.38. The molecule has 0 spiro atoms. The zero-order valence-corrected chi connectivity index (χ0v) is 9.91. The van der Waals surface area contributed by atoms with Crippen molar-refractivity contribution in [1.29, 1.82) is 0 Å². The summed E-state index contributed by atoms with van der Waals surface area (Å²) in [4.78, 5) is 14.4. The molecule has 0 saturated heterocycles. The Balaban J connectivity index is 2.58. The Kier molecular flexibility index (Phi) is 3.44. The molecule has 2 aromatic rings. The van der Waals surface area contributed by atoms with Gasteiger partial charge in [0.15, 0.2) is 0 Å². The molecule has 0 fully saturated rings. The van der Waals surface area contributed by atoms with Crippen LogP contribution in [0.5, 0.6) is 0 Å². The molecular weight excluding hydrogens is 276 g/mol. The van der Waals surface area contributed by atoms with E-state index in [1.54, 1.807) is 0 Å². The molecule has 0 atom stereocenters. The summed E-state index contributed by atoms with van der Waals surface area (Å²) in [5.41, 5.74) is 3.63. The van der Waals surface area contributed by atoms with Crippen LogP contribution in [-0.2, 0) is 6.18 Å². The summed E-state index contributed by atoms with van der Waals surface area (Å²) in [5, 5.41) is 0. The lowest BCUT2D eigenvalue weighted by molar-refractivity contribution is -0.137. The van der Waals surface area contributed by atoms with Crippen molar-refractivity contribution in [3.63, 3.8) is 0 Å². The van der Waals surface area contributed by atoms with Crippen molar-refractivity contribution in [1.82, 2.24) is 4.98 Å². The zero-order chi connectivity index (χ0) is 14.9. The van der Waals surface area contributed by atoms with Crippen molar-refractivity contribution in [3.8, 4) is 11.1 Å². The van der Waals surface area contributed by atoms with Crippen molar-refractivity contribution in [2.24, 2.45) is 5.73 Å². The predicted octanol–water partition coefficient (Wildman–Crippen LogP) is 3.01. The molecule has 104 valence electrons. The number of rotatable bonds is 2. The summed E-state index contributed by atoms with van der Waals surface area (Å²) >= 11 is 0. The molecule has 20 heavy (non-hydrogen) atoms. The number of primary amides is 1. The molecule has 0 aliphatic carbocycles. The summed E-state index contributed by atoms with van der Waals surface area (Å²) in [6, 6.07) is 5.40. The quantitative estimate of drug-likeness (QED) is 0.680. The molecule has 3 nitrogen and oxygen atoms in total. The third-order valence-corrected chi connectivity index (χ3v) is 2.65. The van der Waals surface area contributed by atoms with E-state index in [-0.39, 0.29) is 5.56 Å². The molecule has 2 rings (SSSR count). The molecule has 1 amide bonds. The van der Waals surface area contributed by atoms with Crippen LogP contribution in [0.2, 0.25) is 0 Å². The number of amides is 1. The molecular formula is C13H8F4N2O. The molecule has 1 aromatic heterocycles. The van der Waals surface area contributed by atoms with Crippen LogP contribution in [0, 0.1) is 5.95 Å². The number of halogens is 4. The van der Waals surface area contributed by atoms with E-state index in [1.807, 2.05) is 0 Å². The van der Waals surface area contributed by atoms with Gasteiger partial charge in [-0.3, -0.25) is 4.79 Å². The Hall–Kier alpha value is -2.44. The molecule has 1 heterocycles. The van der Waals surface area contributed by atoms with E-state index in [4.69, 9.17) is 5.73 Å². The smallest absolute Gasteiger partial charge is 0.366 e. The van der Waals surface area contributed by atoms with Crippen LogP contribution < -0.4 is 5.73 Å². The molecule has 0 aliphatic rings. The van der Waals surface area contributed by atoms with E-state index in [9.17, 15) is 22.4 Å². The first-order valence-corrected chi connectivity index (χ1v) is 5.42. The number of pyridine rings is 1. The van der Waals surface area contributed by atoms with Gasteiger partial charge in [-0.2, -0.15) is 17.6 Å². The normalized spacial score (nSPS) is 11.4. The Morgan fingerprint density at radius 3 is 2.25 bits per heavy atom. The second-order valence-corrected chi connectivity index (χ2v) is 3.99. The number of carbonyl (C=O) groups excluding carboxylic acids is 1. The van der Waals surface area contributed by atoms with Crippen LogP contribution in [0.4, 0.5) is 17.6 Å². The Morgan fingerprint density at radius 2 is 1.75 bits per heavy atom. The van der Waals surface area contributed by atoms with Gasteiger partial charge in [0.2, 0.25) is 11.9 Å². The van der Waals surface area contributed by atoms with Gasteiger partial charge < -0.3 is 5.73 Å². The third-order valence-electron chi connectivity index (χ3n) is 2.65. The number of nitrogens with zero attached hydrogens (tertiary/aromatic N) is 1. The van der Waals surface area contributed by atoms with Crippen molar-refractivity contribution < 1.29 is 22.4 Å². The highest BCUT2D eigenvalue weighted by atomic mass is 19.4. The topological polar surface area (TPSA) is 56.0 Å².